The lowest BCUT2D eigenvalue weighted by atomic mass is 9.84. The van der Waals surface area contributed by atoms with Crippen molar-refractivity contribution in [2.75, 3.05) is 27.8 Å². The van der Waals surface area contributed by atoms with Crippen LogP contribution in [0.2, 0.25) is 0 Å². The molecule has 6 nitrogen and oxygen atoms in total. The van der Waals surface area contributed by atoms with Gasteiger partial charge in [0.25, 0.3) is 5.56 Å². The molecule has 0 saturated carbocycles. The minimum atomic E-state index is 0.0302. The van der Waals surface area contributed by atoms with E-state index in [1.807, 2.05) is 10.6 Å². The van der Waals surface area contributed by atoms with E-state index in [9.17, 15) is 4.79 Å². The zero-order chi connectivity index (χ0) is 16.8. The van der Waals surface area contributed by atoms with Crippen molar-refractivity contribution >= 4 is 10.9 Å². The maximum Gasteiger partial charge on any atom is 0.261 e. The Kier molecular flexibility index (Phi) is 3.72. The molecule has 2 aromatic rings. The Morgan fingerprint density at radius 3 is 2.62 bits per heavy atom. The molecule has 0 radical (unpaired) electrons. The van der Waals surface area contributed by atoms with Crippen LogP contribution in [0.3, 0.4) is 0 Å². The molecule has 2 atom stereocenters. The first-order valence-electron chi connectivity index (χ1n) is 8.50. The van der Waals surface area contributed by atoms with Gasteiger partial charge in [0.1, 0.15) is 5.82 Å². The zero-order valence-electron chi connectivity index (χ0n) is 14.4. The van der Waals surface area contributed by atoms with Gasteiger partial charge in [-0.15, -0.1) is 0 Å². The largest absolute Gasteiger partial charge is 0.493 e. The van der Waals surface area contributed by atoms with Crippen molar-refractivity contribution in [3.63, 3.8) is 0 Å². The summed E-state index contributed by atoms with van der Waals surface area (Å²) >= 11 is 0. The van der Waals surface area contributed by atoms with E-state index in [4.69, 9.17) is 14.5 Å². The van der Waals surface area contributed by atoms with E-state index >= 15 is 0 Å². The summed E-state index contributed by atoms with van der Waals surface area (Å²) in [6, 6.07) is 4.05. The second-order valence-electron chi connectivity index (χ2n) is 6.74. The molecule has 0 spiro atoms. The van der Waals surface area contributed by atoms with Crippen molar-refractivity contribution in [1.29, 1.82) is 0 Å². The van der Waals surface area contributed by atoms with E-state index in [1.165, 1.54) is 0 Å². The van der Waals surface area contributed by atoms with Crippen molar-refractivity contribution < 1.29 is 9.47 Å². The van der Waals surface area contributed by atoms with E-state index in [0.717, 1.165) is 38.2 Å². The first kappa shape index (κ1) is 15.4. The third-order valence-corrected chi connectivity index (χ3v) is 5.53. The molecule has 2 aliphatic heterocycles. The van der Waals surface area contributed by atoms with Crippen LogP contribution in [-0.4, -0.2) is 48.3 Å². The van der Waals surface area contributed by atoms with Gasteiger partial charge in [-0.25, -0.2) is 4.98 Å². The van der Waals surface area contributed by atoms with E-state index in [1.54, 1.807) is 20.3 Å². The fourth-order valence-electron chi connectivity index (χ4n) is 4.27. The minimum absolute atomic E-state index is 0.0302. The number of piperidine rings is 1. The van der Waals surface area contributed by atoms with Gasteiger partial charge in [0.15, 0.2) is 11.5 Å². The summed E-state index contributed by atoms with van der Waals surface area (Å²) in [5, 5.41) is 0.596. The Balaban J connectivity index is 1.93. The predicted octanol–water partition coefficient (Wildman–Crippen LogP) is 2.00. The SMILES string of the molecule is COc1cc2nc3n(c(=O)c2cc1OC)CC[C@@H]1[C@@H]3CCCN1C. The van der Waals surface area contributed by atoms with Crippen LogP contribution in [0.5, 0.6) is 11.5 Å². The Morgan fingerprint density at radius 1 is 1.12 bits per heavy atom. The molecule has 1 fully saturated rings. The minimum Gasteiger partial charge on any atom is -0.493 e. The fourth-order valence-corrected chi connectivity index (χ4v) is 4.27. The molecular weight excluding hydrogens is 306 g/mol. The van der Waals surface area contributed by atoms with Crippen LogP contribution < -0.4 is 15.0 Å². The summed E-state index contributed by atoms with van der Waals surface area (Å²) in [5.41, 5.74) is 0.723. The lowest BCUT2D eigenvalue weighted by molar-refractivity contribution is 0.123. The number of methoxy groups -OCH3 is 2. The molecule has 3 heterocycles. The molecule has 2 aliphatic rings. The summed E-state index contributed by atoms with van der Waals surface area (Å²) < 4.78 is 12.6. The van der Waals surface area contributed by atoms with Gasteiger partial charge in [-0.05, 0) is 38.9 Å². The molecule has 0 bridgehead atoms. The van der Waals surface area contributed by atoms with Gasteiger partial charge in [0.2, 0.25) is 0 Å². The van der Waals surface area contributed by atoms with Crippen LogP contribution in [0.4, 0.5) is 0 Å². The molecule has 1 aromatic heterocycles. The van der Waals surface area contributed by atoms with Gasteiger partial charge in [-0.1, -0.05) is 0 Å². The van der Waals surface area contributed by atoms with Gasteiger partial charge in [-0.2, -0.15) is 0 Å². The van der Waals surface area contributed by atoms with Crippen molar-refractivity contribution in [3.8, 4) is 11.5 Å². The summed E-state index contributed by atoms with van der Waals surface area (Å²) in [5.74, 6) is 2.44. The van der Waals surface area contributed by atoms with Crippen LogP contribution >= 0.6 is 0 Å². The van der Waals surface area contributed by atoms with Gasteiger partial charge in [0, 0.05) is 24.6 Å². The Morgan fingerprint density at radius 2 is 1.88 bits per heavy atom. The number of benzene rings is 1. The molecule has 0 amide bonds. The predicted molar refractivity (Wildman–Crippen MR) is 92.1 cm³/mol. The number of aromatic nitrogens is 2. The number of likely N-dealkylation sites (tertiary alicyclic amines) is 1. The van der Waals surface area contributed by atoms with Crippen molar-refractivity contribution in [1.82, 2.24) is 14.5 Å². The number of nitrogens with zero attached hydrogens (tertiary/aromatic N) is 3. The normalized spacial score (nSPS) is 23.6. The summed E-state index contributed by atoms with van der Waals surface area (Å²) in [6.45, 7) is 1.86. The standard InChI is InChI=1S/C18H23N3O3/c1-20-7-4-5-11-14(20)6-8-21-17(11)19-13-10-16(24-3)15(23-2)9-12(13)18(21)22/h9-11,14H,4-8H2,1-3H3/t11-,14+/m0/s1. The van der Waals surface area contributed by atoms with Crippen LogP contribution in [0.1, 0.15) is 31.0 Å². The average Bonchev–Trinajstić information content (AvgIpc) is 2.61. The van der Waals surface area contributed by atoms with Gasteiger partial charge in [-0.3, -0.25) is 9.36 Å². The number of rotatable bonds is 2. The maximum atomic E-state index is 13.0. The summed E-state index contributed by atoms with van der Waals surface area (Å²) in [6.07, 6.45) is 3.26. The number of hydrogen-bond donors (Lipinski definition) is 0. The smallest absolute Gasteiger partial charge is 0.261 e. The van der Waals surface area contributed by atoms with Gasteiger partial charge in [0.05, 0.1) is 25.1 Å². The Labute approximate surface area is 141 Å². The number of fused-ring (bicyclic) bond motifs is 4. The third-order valence-electron chi connectivity index (χ3n) is 5.53. The van der Waals surface area contributed by atoms with E-state index in [-0.39, 0.29) is 5.56 Å². The molecule has 1 aromatic carbocycles. The number of hydrogen-bond acceptors (Lipinski definition) is 5. The van der Waals surface area contributed by atoms with Gasteiger partial charge >= 0.3 is 0 Å². The monoisotopic (exact) mass is 329 g/mol. The highest BCUT2D eigenvalue weighted by Crippen LogP contribution is 2.37. The average molecular weight is 329 g/mol. The first-order valence-corrected chi connectivity index (χ1v) is 8.50. The molecule has 4 rings (SSSR count). The summed E-state index contributed by atoms with van der Waals surface area (Å²) in [4.78, 5) is 20.3. The lowest BCUT2D eigenvalue weighted by Gasteiger charge is -2.42. The molecular formula is C18H23N3O3. The third kappa shape index (κ3) is 2.20. The van der Waals surface area contributed by atoms with Crippen LogP contribution in [0, 0.1) is 0 Å². The molecule has 0 aliphatic carbocycles. The molecule has 6 heteroatoms. The molecule has 1 saturated heterocycles. The Bertz CT molecular complexity index is 845. The topological polar surface area (TPSA) is 56.6 Å². The van der Waals surface area contributed by atoms with Gasteiger partial charge < -0.3 is 14.4 Å². The number of likely N-dealkylation sites (N-methyl/N-ethyl adjacent to an activating group) is 1. The summed E-state index contributed by atoms with van der Waals surface area (Å²) in [7, 11) is 5.36. The first-order chi connectivity index (χ1) is 11.6. The molecule has 24 heavy (non-hydrogen) atoms. The van der Waals surface area contributed by atoms with E-state index in [2.05, 4.69) is 11.9 Å². The fraction of sp³-hybridized carbons (Fsp3) is 0.556. The maximum absolute atomic E-state index is 13.0. The second-order valence-corrected chi connectivity index (χ2v) is 6.74. The molecule has 0 unspecified atom stereocenters. The number of ether oxygens (including phenoxy) is 2. The molecule has 128 valence electrons. The van der Waals surface area contributed by atoms with E-state index in [0.29, 0.717) is 34.4 Å². The van der Waals surface area contributed by atoms with Crippen LogP contribution in [-0.2, 0) is 6.54 Å². The zero-order valence-corrected chi connectivity index (χ0v) is 14.4. The van der Waals surface area contributed by atoms with Crippen molar-refractivity contribution in [2.45, 2.75) is 37.8 Å². The quantitative estimate of drug-likeness (QED) is 0.843. The van der Waals surface area contributed by atoms with Crippen LogP contribution in [0.25, 0.3) is 10.9 Å². The van der Waals surface area contributed by atoms with Crippen molar-refractivity contribution in [2.24, 2.45) is 0 Å². The highest BCUT2D eigenvalue weighted by molar-refractivity contribution is 5.82. The molecule has 0 N–H and O–H groups in total. The van der Waals surface area contributed by atoms with Crippen LogP contribution in [0.15, 0.2) is 16.9 Å². The highest BCUT2D eigenvalue weighted by atomic mass is 16.5. The highest BCUT2D eigenvalue weighted by Gasteiger charge is 2.36. The van der Waals surface area contributed by atoms with E-state index < -0.39 is 0 Å². The Hall–Kier alpha value is -2.08. The van der Waals surface area contributed by atoms with Crippen molar-refractivity contribution in [3.05, 3.63) is 28.3 Å². The second kappa shape index (κ2) is 5.77. The lowest BCUT2D eigenvalue weighted by Crippen LogP contribution is -2.47.